The molecule has 1 aromatic rings. The van der Waals surface area contributed by atoms with Gasteiger partial charge in [0, 0.05) is 10.9 Å². The van der Waals surface area contributed by atoms with Crippen LogP contribution in [-0.2, 0) is 16.1 Å². The summed E-state index contributed by atoms with van der Waals surface area (Å²) in [7, 11) is 0. The van der Waals surface area contributed by atoms with Crippen LogP contribution in [0.1, 0.15) is 37.3 Å². The Balaban J connectivity index is 2.06. The lowest BCUT2D eigenvalue weighted by atomic mass is 9.85. The number of ketones is 1. The Hall–Kier alpha value is -1.19. The Kier molecular flexibility index (Phi) is 3.90. The standard InChI is InChI=1S/C17H17BrO2/c1-2-17(19)11-3-5-15-12(7-11)9-20-10-13-8-14(18)4-6-16(13)15/h4,6-8H,2-3,5,9-10H2,1H3. The smallest absolute Gasteiger partial charge is 0.158 e. The average Bonchev–Trinajstić information content (AvgIpc) is 2.64. The highest BCUT2D eigenvalue weighted by molar-refractivity contribution is 9.10. The van der Waals surface area contributed by atoms with Crippen LogP contribution in [0.2, 0.25) is 0 Å². The second-order valence-corrected chi connectivity index (χ2v) is 6.16. The molecule has 0 aromatic heterocycles. The van der Waals surface area contributed by atoms with E-state index in [1.165, 1.54) is 22.3 Å². The van der Waals surface area contributed by atoms with Gasteiger partial charge in [0.1, 0.15) is 0 Å². The van der Waals surface area contributed by atoms with Gasteiger partial charge in [0.05, 0.1) is 13.2 Å². The molecule has 3 rings (SSSR count). The zero-order valence-corrected chi connectivity index (χ0v) is 13.1. The topological polar surface area (TPSA) is 26.3 Å². The fourth-order valence-electron chi connectivity index (χ4n) is 2.92. The summed E-state index contributed by atoms with van der Waals surface area (Å²) in [6.07, 6.45) is 4.42. The van der Waals surface area contributed by atoms with Crippen LogP contribution in [0.3, 0.4) is 0 Å². The minimum absolute atomic E-state index is 0.261. The van der Waals surface area contributed by atoms with Crippen molar-refractivity contribution in [1.82, 2.24) is 0 Å². The van der Waals surface area contributed by atoms with E-state index in [0.717, 1.165) is 22.9 Å². The molecule has 0 saturated heterocycles. The lowest BCUT2D eigenvalue weighted by Crippen LogP contribution is -2.08. The van der Waals surface area contributed by atoms with Crippen molar-refractivity contribution in [2.24, 2.45) is 0 Å². The van der Waals surface area contributed by atoms with Crippen molar-refractivity contribution < 1.29 is 9.53 Å². The first-order valence-electron chi connectivity index (χ1n) is 7.01. The molecule has 0 atom stereocenters. The van der Waals surface area contributed by atoms with Crippen LogP contribution in [0.4, 0.5) is 0 Å². The molecule has 0 unspecified atom stereocenters. The van der Waals surface area contributed by atoms with Crippen LogP contribution in [0, 0.1) is 0 Å². The summed E-state index contributed by atoms with van der Waals surface area (Å²) in [6, 6.07) is 6.36. The Bertz CT molecular complexity index is 626. The molecule has 1 aromatic carbocycles. The SMILES string of the molecule is CCC(=O)C1=CC2=C(CC1)c1ccc(Br)cc1COC2. The molecule has 0 fully saturated rings. The van der Waals surface area contributed by atoms with Crippen LogP contribution < -0.4 is 0 Å². The quantitative estimate of drug-likeness (QED) is 0.800. The van der Waals surface area contributed by atoms with E-state index in [1.54, 1.807) is 0 Å². The van der Waals surface area contributed by atoms with Crippen molar-refractivity contribution >= 4 is 27.3 Å². The van der Waals surface area contributed by atoms with Gasteiger partial charge in [-0.15, -0.1) is 0 Å². The number of hydrogen-bond acceptors (Lipinski definition) is 2. The number of Topliss-reactive ketones (excluding diaryl/α,β-unsaturated/α-hetero) is 1. The number of hydrogen-bond donors (Lipinski definition) is 0. The summed E-state index contributed by atoms with van der Waals surface area (Å²) in [6.45, 7) is 3.15. The van der Waals surface area contributed by atoms with Gasteiger partial charge in [-0.1, -0.05) is 28.9 Å². The maximum absolute atomic E-state index is 11.9. The first-order chi connectivity index (χ1) is 9.69. The van der Waals surface area contributed by atoms with E-state index >= 15 is 0 Å². The van der Waals surface area contributed by atoms with Crippen LogP contribution >= 0.6 is 15.9 Å². The molecule has 1 aliphatic carbocycles. The molecular formula is C17H17BrO2. The molecular weight excluding hydrogens is 316 g/mol. The summed E-state index contributed by atoms with van der Waals surface area (Å²) in [5, 5.41) is 0. The Morgan fingerprint density at radius 1 is 1.30 bits per heavy atom. The Morgan fingerprint density at radius 3 is 2.95 bits per heavy atom. The number of halogens is 1. The number of carbonyl (C=O) groups is 1. The fraction of sp³-hybridized carbons (Fsp3) is 0.353. The van der Waals surface area contributed by atoms with Crippen LogP contribution in [0.15, 0.2) is 39.9 Å². The number of allylic oxidation sites excluding steroid dienone is 2. The van der Waals surface area contributed by atoms with Crippen molar-refractivity contribution in [1.29, 1.82) is 0 Å². The van der Waals surface area contributed by atoms with Crippen molar-refractivity contribution in [2.75, 3.05) is 6.61 Å². The molecule has 1 aliphatic heterocycles. The molecule has 0 N–H and O–H groups in total. The highest BCUT2D eigenvalue weighted by atomic mass is 79.9. The van der Waals surface area contributed by atoms with Gasteiger partial charge in [-0.05, 0) is 58.9 Å². The summed E-state index contributed by atoms with van der Waals surface area (Å²) in [5.74, 6) is 0.261. The fourth-order valence-corrected chi connectivity index (χ4v) is 3.33. The minimum atomic E-state index is 0.261. The molecule has 2 nitrogen and oxygen atoms in total. The molecule has 20 heavy (non-hydrogen) atoms. The predicted molar refractivity (Wildman–Crippen MR) is 83.3 cm³/mol. The third-order valence-electron chi connectivity index (χ3n) is 3.97. The van der Waals surface area contributed by atoms with Gasteiger partial charge in [0.15, 0.2) is 5.78 Å². The van der Waals surface area contributed by atoms with Gasteiger partial charge in [0.25, 0.3) is 0 Å². The summed E-state index contributed by atoms with van der Waals surface area (Å²) < 4.78 is 6.85. The summed E-state index contributed by atoms with van der Waals surface area (Å²) in [5.41, 5.74) is 5.98. The van der Waals surface area contributed by atoms with Crippen LogP contribution in [-0.4, -0.2) is 12.4 Å². The minimum Gasteiger partial charge on any atom is -0.372 e. The number of benzene rings is 1. The second-order valence-electron chi connectivity index (χ2n) is 5.24. The molecule has 2 aliphatic rings. The highest BCUT2D eigenvalue weighted by Crippen LogP contribution is 2.37. The molecule has 0 spiro atoms. The number of carbonyl (C=O) groups excluding carboxylic acids is 1. The van der Waals surface area contributed by atoms with Gasteiger partial charge < -0.3 is 4.74 Å². The zero-order valence-electron chi connectivity index (χ0n) is 11.5. The largest absolute Gasteiger partial charge is 0.372 e. The molecule has 0 saturated carbocycles. The normalized spacial score (nSPS) is 18.0. The first-order valence-corrected chi connectivity index (χ1v) is 7.80. The lowest BCUT2D eigenvalue weighted by Gasteiger charge is -2.19. The van der Waals surface area contributed by atoms with E-state index in [9.17, 15) is 4.79 Å². The van der Waals surface area contributed by atoms with Gasteiger partial charge in [-0.25, -0.2) is 0 Å². The van der Waals surface area contributed by atoms with E-state index in [2.05, 4.69) is 40.2 Å². The molecule has 1 heterocycles. The van der Waals surface area contributed by atoms with Gasteiger partial charge in [0.2, 0.25) is 0 Å². The van der Waals surface area contributed by atoms with E-state index < -0.39 is 0 Å². The molecule has 0 amide bonds. The van der Waals surface area contributed by atoms with E-state index in [0.29, 0.717) is 19.6 Å². The molecule has 3 heteroatoms. The Morgan fingerprint density at radius 2 is 2.15 bits per heavy atom. The van der Waals surface area contributed by atoms with Crippen LogP contribution in [0.5, 0.6) is 0 Å². The number of fused-ring (bicyclic) bond motifs is 2. The van der Waals surface area contributed by atoms with E-state index in [4.69, 9.17) is 4.74 Å². The van der Waals surface area contributed by atoms with Crippen molar-refractivity contribution in [3.8, 4) is 0 Å². The predicted octanol–water partition coefficient (Wildman–Crippen LogP) is 4.43. The first kappa shape index (κ1) is 13.8. The molecule has 104 valence electrons. The summed E-state index contributed by atoms with van der Waals surface area (Å²) >= 11 is 3.51. The third-order valence-corrected chi connectivity index (χ3v) is 4.46. The third kappa shape index (κ3) is 2.52. The average molecular weight is 333 g/mol. The van der Waals surface area contributed by atoms with Crippen LogP contribution in [0.25, 0.3) is 5.57 Å². The van der Waals surface area contributed by atoms with Crippen molar-refractivity contribution in [2.45, 2.75) is 32.8 Å². The maximum atomic E-state index is 11.9. The Labute approximate surface area is 127 Å². The van der Waals surface area contributed by atoms with Gasteiger partial charge in [-0.3, -0.25) is 4.79 Å². The zero-order chi connectivity index (χ0) is 14.1. The monoisotopic (exact) mass is 332 g/mol. The van der Waals surface area contributed by atoms with Crippen molar-refractivity contribution in [3.63, 3.8) is 0 Å². The number of ether oxygens (including phenoxy) is 1. The maximum Gasteiger partial charge on any atom is 0.158 e. The van der Waals surface area contributed by atoms with Gasteiger partial charge >= 0.3 is 0 Å². The van der Waals surface area contributed by atoms with Gasteiger partial charge in [-0.2, -0.15) is 0 Å². The molecule has 0 radical (unpaired) electrons. The summed E-state index contributed by atoms with van der Waals surface area (Å²) in [4.78, 5) is 11.9. The molecule has 0 bridgehead atoms. The number of rotatable bonds is 2. The van der Waals surface area contributed by atoms with Crippen molar-refractivity contribution in [3.05, 3.63) is 51.0 Å². The lowest BCUT2D eigenvalue weighted by molar-refractivity contribution is -0.115. The second kappa shape index (κ2) is 5.66. The van der Waals surface area contributed by atoms with E-state index in [1.807, 2.05) is 6.92 Å². The van der Waals surface area contributed by atoms with E-state index in [-0.39, 0.29) is 5.78 Å². The highest BCUT2D eigenvalue weighted by Gasteiger charge is 2.22.